The molecule has 0 bridgehead atoms. The van der Waals surface area contributed by atoms with Gasteiger partial charge in [-0.05, 0) is 62.1 Å². The quantitative estimate of drug-likeness (QED) is 0.613. The van der Waals surface area contributed by atoms with E-state index in [2.05, 4.69) is 4.90 Å². The molecule has 2 heterocycles. The Morgan fingerprint density at radius 2 is 1.94 bits per heavy atom. The highest BCUT2D eigenvalue weighted by Gasteiger charge is 2.36. The van der Waals surface area contributed by atoms with Crippen molar-refractivity contribution >= 4 is 11.9 Å². The van der Waals surface area contributed by atoms with Crippen molar-refractivity contribution in [2.24, 2.45) is 0 Å². The Morgan fingerprint density at radius 3 is 2.68 bits per heavy atom. The van der Waals surface area contributed by atoms with E-state index in [1.54, 1.807) is 0 Å². The number of Topliss-reactive ketones (excluding diaryl/α,β-unsaturated/α-hetero) is 1. The van der Waals surface area contributed by atoms with Gasteiger partial charge >= 0.3 is 0 Å². The van der Waals surface area contributed by atoms with Crippen LogP contribution in [0.1, 0.15) is 66.1 Å². The van der Waals surface area contributed by atoms with Gasteiger partial charge in [0.25, 0.3) is 0 Å². The Bertz CT molecular complexity index is 1020. The summed E-state index contributed by atoms with van der Waals surface area (Å²) in [5, 5.41) is 0. The second kappa shape index (κ2) is 8.39. The van der Waals surface area contributed by atoms with Crippen molar-refractivity contribution in [3.8, 4) is 17.2 Å². The summed E-state index contributed by atoms with van der Waals surface area (Å²) in [6.45, 7) is 5.92. The standard InChI is InChI=1S/C26H29NO4/c1-3-29-20-11-9-18(10-12-20)14-23-25(28)24-17(2)13-22-21(26(24)31-23)15-27(16-30-22)19-7-5-4-6-8-19/h9-14,19H,3-8,15-16H2,1-2H3/b23-14-. The summed E-state index contributed by atoms with van der Waals surface area (Å²) in [6.07, 6.45) is 8.14. The molecular formula is C26H29NO4. The van der Waals surface area contributed by atoms with Gasteiger partial charge in [0.05, 0.1) is 17.7 Å². The molecule has 1 saturated carbocycles. The SMILES string of the molecule is CCOc1ccc(/C=C2\Oc3c4c(cc(C)c3C2=O)OCN(C2CCCCC2)C4)cc1. The third-order valence-electron chi connectivity index (χ3n) is 6.53. The minimum absolute atomic E-state index is 0.0565. The number of benzene rings is 2. The van der Waals surface area contributed by atoms with Crippen LogP contribution in [-0.4, -0.2) is 30.1 Å². The summed E-state index contributed by atoms with van der Waals surface area (Å²) >= 11 is 0. The average molecular weight is 420 g/mol. The molecule has 0 atom stereocenters. The fourth-order valence-corrected chi connectivity index (χ4v) is 4.91. The molecule has 3 aliphatic rings. The average Bonchev–Trinajstić information content (AvgIpc) is 3.12. The number of hydrogen-bond donors (Lipinski definition) is 0. The Morgan fingerprint density at radius 1 is 1.16 bits per heavy atom. The molecule has 1 aliphatic carbocycles. The number of fused-ring (bicyclic) bond motifs is 3. The molecule has 0 N–H and O–H groups in total. The number of ketones is 1. The van der Waals surface area contributed by atoms with E-state index in [1.165, 1.54) is 32.1 Å². The zero-order valence-corrected chi connectivity index (χ0v) is 18.3. The lowest BCUT2D eigenvalue weighted by atomic mass is 9.93. The molecule has 0 saturated heterocycles. The van der Waals surface area contributed by atoms with E-state index in [9.17, 15) is 4.79 Å². The summed E-state index contributed by atoms with van der Waals surface area (Å²) < 4.78 is 17.8. The van der Waals surface area contributed by atoms with Crippen molar-refractivity contribution in [2.45, 2.75) is 58.5 Å². The molecule has 0 radical (unpaired) electrons. The molecule has 2 aromatic rings. The number of nitrogens with zero attached hydrogens (tertiary/aromatic N) is 1. The van der Waals surface area contributed by atoms with Crippen LogP contribution in [0.3, 0.4) is 0 Å². The second-order valence-corrected chi connectivity index (χ2v) is 8.63. The normalized spacial score (nSPS) is 20.2. The molecule has 0 aromatic heterocycles. The number of rotatable bonds is 4. The first-order valence-electron chi connectivity index (χ1n) is 11.3. The van der Waals surface area contributed by atoms with Gasteiger partial charge in [0.15, 0.2) is 5.76 Å². The minimum atomic E-state index is -0.0565. The monoisotopic (exact) mass is 419 g/mol. The zero-order chi connectivity index (χ0) is 21.4. The van der Waals surface area contributed by atoms with Crippen LogP contribution >= 0.6 is 0 Å². The summed E-state index contributed by atoms with van der Waals surface area (Å²) in [5.41, 5.74) is 3.48. The van der Waals surface area contributed by atoms with Gasteiger partial charge in [0.2, 0.25) is 5.78 Å². The first-order chi connectivity index (χ1) is 15.1. The topological polar surface area (TPSA) is 48.0 Å². The van der Waals surface area contributed by atoms with E-state index in [0.717, 1.165) is 34.7 Å². The maximum absolute atomic E-state index is 13.2. The zero-order valence-electron chi connectivity index (χ0n) is 18.3. The number of hydrogen-bond acceptors (Lipinski definition) is 5. The van der Waals surface area contributed by atoms with E-state index < -0.39 is 0 Å². The van der Waals surface area contributed by atoms with Gasteiger partial charge in [-0.15, -0.1) is 0 Å². The van der Waals surface area contributed by atoms with Crippen LogP contribution in [0.5, 0.6) is 17.2 Å². The van der Waals surface area contributed by atoms with Crippen molar-refractivity contribution in [3.05, 3.63) is 58.3 Å². The van der Waals surface area contributed by atoms with Crippen LogP contribution in [0.15, 0.2) is 36.1 Å². The molecule has 162 valence electrons. The van der Waals surface area contributed by atoms with E-state index in [0.29, 0.717) is 36.5 Å². The Hall–Kier alpha value is -2.79. The number of aryl methyl sites for hydroxylation is 1. The van der Waals surface area contributed by atoms with E-state index in [4.69, 9.17) is 14.2 Å². The number of ether oxygens (including phenoxy) is 3. The largest absolute Gasteiger partial charge is 0.494 e. The highest BCUT2D eigenvalue weighted by atomic mass is 16.5. The molecule has 5 nitrogen and oxygen atoms in total. The summed E-state index contributed by atoms with van der Waals surface area (Å²) in [5.74, 6) is 2.65. The Kier molecular flexibility index (Phi) is 5.45. The van der Waals surface area contributed by atoms with Gasteiger partial charge in [-0.3, -0.25) is 9.69 Å². The van der Waals surface area contributed by atoms with Crippen LogP contribution in [-0.2, 0) is 6.54 Å². The first kappa shape index (κ1) is 20.1. The van der Waals surface area contributed by atoms with Crippen molar-refractivity contribution in [1.82, 2.24) is 4.90 Å². The Labute approximate surface area is 183 Å². The minimum Gasteiger partial charge on any atom is -0.494 e. The molecule has 0 spiro atoms. The first-order valence-corrected chi connectivity index (χ1v) is 11.3. The molecule has 1 fully saturated rings. The van der Waals surface area contributed by atoms with Crippen molar-refractivity contribution in [2.75, 3.05) is 13.3 Å². The molecule has 0 unspecified atom stereocenters. The van der Waals surface area contributed by atoms with Gasteiger partial charge in [0, 0.05) is 12.6 Å². The third-order valence-corrected chi connectivity index (χ3v) is 6.53. The van der Waals surface area contributed by atoms with Gasteiger partial charge < -0.3 is 14.2 Å². The lowest BCUT2D eigenvalue weighted by molar-refractivity contribution is 0.0393. The highest BCUT2D eigenvalue weighted by Crippen LogP contribution is 2.44. The predicted molar refractivity (Wildman–Crippen MR) is 120 cm³/mol. The van der Waals surface area contributed by atoms with Crippen molar-refractivity contribution in [1.29, 1.82) is 0 Å². The van der Waals surface area contributed by atoms with Gasteiger partial charge in [0.1, 0.15) is 24.0 Å². The van der Waals surface area contributed by atoms with Crippen molar-refractivity contribution in [3.63, 3.8) is 0 Å². The molecule has 31 heavy (non-hydrogen) atoms. The maximum atomic E-state index is 13.2. The van der Waals surface area contributed by atoms with E-state index in [1.807, 2.05) is 50.3 Å². The van der Waals surface area contributed by atoms with E-state index >= 15 is 0 Å². The predicted octanol–water partition coefficient (Wildman–Crippen LogP) is 5.49. The number of allylic oxidation sites excluding steroid dienone is 1. The maximum Gasteiger partial charge on any atom is 0.232 e. The number of carbonyl (C=O) groups is 1. The molecule has 2 aliphatic heterocycles. The fraction of sp³-hybridized carbons (Fsp3) is 0.423. The van der Waals surface area contributed by atoms with Gasteiger partial charge in [-0.2, -0.15) is 0 Å². The Balaban J connectivity index is 1.44. The van der Waals surface area contributed by atoms with Crippen LogP contribution in [0, 0.1) is 6.92 Å². The van der Waals surface area contributed by atoms with E-state index in [-0.39, 0.29) is 5.78 Å². The van der Waals surface area contributed by atoms with Gasteiger partial charge in [-0.25, -0.2) is 0 Å². The molecule has 5 heteroatoms. The van der Waals surface area contributed by atoms with Gasteiger partial charge in [-0.1, -0.05) is 31.4 Å². The fourth-order valence-electron chi connectivity index (χ4n) is 4.91. The lowest BCUT2D eigenvalue weighted by Gasteiger charge is -2.37. The van der Waals surface area contributed by atoms with Crippen LogP contribution < -0.4 is 14.2 Å². The molecule has 2 aromatic carbocycles. The van der Waals surface area contributed by atoms with Crippen LogP contribution in [0.2, 0.25) is 0 Å². The van der Waals surface area contributed by atoms with Crippen LogP contribution in [0.25, 0.3) is 6.08 Å². The molecular weight excluding hydrogens is 390 g/mol. The lowest BCUT2D eigenvalue weighted by Crippen LogP contribution is -2.41. The molecule has 0 amide bonds. The molecule has 5 rings (SSSR count). The highest BCUT2D eigenvalue weighted by molar-refractivity contribution is 6.15. The summed E-state index contributed by atoms with van der Waals surface area (Å²) in [4.78, 5) is 15.6. The van der Waals surface area contributed by atoms with Crippen molar-refractivity contribution < 1.29 is 19.0 Å². The second-order valence-electron chi connectivity index (χ2n) is 8.63. The van der Waals surface area contributed by atoms with Crippen LogP contribution in [0.4, 0.5) is 0 Å². The number of carbonyl (C=O) groups excluding carboxylic acids is 1. The summed E-state index contributed by atoms with van der Waals surface area (Å²) in [6, 6.07) is 10.2. The summed E-state index contributed by atoms with van der Waals surface area (Å²) in [7, 11) is 0. The smallest absolute Gasteiger partial charge is 0.232 e. The third kappa shape index (κ3) is 3.83.